The normalized spacial score (nSPS) is 17.0. The van der Waals surface area contributed by atoms with Gasteiger partial charge in [0.25, 0.3) is 11.8 Å². The van der Waals surface area contributed by atoms with Crippen molar-refractivity contribution in [3.63, 3.8) is 0 Å². The number of anilines is 2. The van der Waals surface area contributed by atoms with Gasteiger partial charge in [-0.05, 0) is 68.5 Å². The Labute approximate surface area is 215 Å². The van der Waals surface area contributed by atoms with Gasteiger partial charge in [-0.2, -0.15) is 5.26 Å². The fourth-order valence-electron chi connectivity index (χ4n) is 4.75. The first-order valence-corrected chi connectivity index (χ1v) is 12.6. The van der Waals surface area contributed by atoms with Crippen molar-refractivity contribution in [2.75, 3.05) is 36.5 Å². The molecular formula is C28H29N5O4. The van der Waals surface area contributed by atoms with Crippen LogP contribution in [0.5, 0.6) is 0 Å². The monoisotopic (exact) mass is 499 g/mol. The van der Waals surface area contributed by atoms with Gasteiger partial charge in [-0.3, -0.25) is 9.59 Å². The molecule has 2 amide bonds. The van der Waals surface area contributed by atoms with Crippen molar-refractivity contribution in [1.29, 1.82) is 5.26 Å². The predicted octanol–water partition coefficient (Wildman–Crippen LogP) is 4.28. The first-order valence-electron chi connectivity index (χ1n) is 12.6. The Balaban J connectivity index is 1.31. The van der Waals surface area contributed by atoms with E-state index >= 15 is 0 Å². The summed E-state index contributed by atoms with van der Waals surface area (Å²) in [6, 6.07) is 14.5. The van der Waals surface area contributed by atoms with E-state index in [0.717, 1.165) is 62.2 Å². The first kappa shape index (κ1) is 24.5. The van der Waals surface area contributed by atoms with Crippen LogP contribution in [0.25, 0.3) is 11.3 Å². The van der Waals surface area contributed by atoms with E-state index in [1.54, 1.807) is 18.2 Å². The summed E-state index contributed by atoms with van der Waals surface area (Å²) in [5, 5.41) is 19.3. The molecule has 0 radical (unpaired) electrons. The molecule has 0 aliphatic carbocycles. The molecule has 0 bridgehead atoms. The highest BCUT2D eigenvalue weighted by Crippen LogP contribution is 2.28. The number of aromatic nitrogens is 1. The molecule has 3 heterocycles. The zero-order chi connectivity index (χ0) is 25.8. The molecule has 2 fully saturated rings. The minimum atomic E-state index is -0.345. The Morgan fingerprint density at radius 2 is 1.95 bits per heavy atom. The van der Waals surface area contributed by atoms with Crippen LogP contribution in [0.1, 0.15) is 57.7 Å². The van der Waals surface area contributed by atoms with Gasteiger partial charge in [0.2, 0.25) is 5.76 Å². The highest BCUT2D eigenvalue weighted by molar-refractivity contribution is 6.05. The Bertz CT molecular complexity index is 1350. The van der Waals surface area contributed by atoms with Crippen molar-refractivity contribution in [2.45, 2.75) is 38.7 Å². The Morgan fingerprint density at radius 3 is 2.70 bits per heavy atom. The maximum absolute atomic E-state index is 13.1. The quantitative estimate of drug-likeness (QED) is 0.498. The molecular weight excluding hydrogens is 470 g/mol. The molecule has 2 aromatic carbocycles. The zero-order valence-corrected chi connectivity index (χ0v) is 20.8. The van der Waals surface area contributed by atoms with E-state index in [9.17, 15) is 14.9 Å². The van der Waals surface area contributed by atoms with Crippen LogP contribution in [0.4, 0.5) is 11.4 Å². The van der Waals surface area contributed by atoms with Crippen molar-refractivity contribution in [1.82, 2.24) is 10.5 Å². The van der Waals surface area contributed by atoms with Gasteiger partial charge in [0.15, 0.2) is 0 Å². The van der Waals surface area contributed by atoms with Crippen molar-refractivity contribution in [3.05, 3.63) is 64.9 Å². The van der Waals surface area contributed by atoms with E-state index in [4.69, 9.17) is 9.26 Å². The van der Waals surface area contributed by atoms with Gasteiger partial charge in [0, 0.05) is 54.8 Å². The molecule has 2 N–H and O–H groups in total. The third-order valence-electron chi connectivity index (χ3n) is 6.80. The second-order valence-corrected chi connectivity index (χ2v) is 9.48. The summed E-state index contributed by atoms with van der Waals surface area (Å²) in [6.07, 6.45) is 4.17. The highest BCUT2D eigenvalue weighted by atomic mass is 16.5. The number of rotatable bonds is 7. The molecule has 0 spiro atoms. The number of aryl methyl sites for hydroxylation is 1. The molecule has 1 unspecified atom stereocenters. The summed E-state index contributed by atoms with van der Waals surface area (Å²) in [5.41, 5.74) is 4.49. The van der Waals surface area contributed by atoms with Gasteiger partial charge in [-0.25, -0.2) is 0 Å². The summed E-state index contributed by atoms with van der Waals surface area (Å²) in [6.45, 7) is 4.92. The summed E-state index contributed by atoms with van der Waals surface area (Å²) in [7, 11) is 0. The van der Waals surface area contributed by atoms with Crippen LogP contribution < -0.4 is 15.5 Å². The maximum Gasteiger partial charge on any atom is 0.290 e. The molecule has 2 aliphatic rings. The molecule has 3 aromatic rings. The number of benzene rings is 2. The summed E-state index contributed by atoms with van der Waals surface area (Å²) < 4.78 is 10.8. The number of carbonyl (C=O) groups excluding carboxylic acids is 2. The topological polar surface area (TPSA) is 120 Å². The van der Waals surface area contributed by atoms with Gasteiger partial charge in [-0.1, -0.05) is 11.2 Å². The smallest absolute Gasteiger partial charge is 0.290 e. The molecule has 2 aliphatic heterocycles. The third kappa shape index (κ3) is 5.65. The van der Waals surface area contributed by atoms with Crippen molar-refractivity contribution < 1.29 is 18.8 Å². The largest absolute Gasteiger partial charge is 0.376 e. The molecule has 37 heavy (non-hydrogen) atoms. The zero-order valence-electron chi connectivity index (χ0n) is 20.8. The van der Waals surface area contributed by atoms with Gasteiger partial charge in [0.1, 0.15) is 5.69 Å². The Kier molecular flexibility index (Phi) is 7.19. The lowest BCUT2D eigenvalue weighted by Gasteiger charge is -2.19. The predicted molar refractivity (Wildman–Crippen MR) is 139 cm³/mol. The summed E-state index contributed by atoms with van der Waals surface area (Å²) in [5.74, 6) is -0.533. The summed E-state index contributed by atoms with van der Waals surface area (Å²) >= 11 is 0. The minimum absolute atomic E-state index is 0.0363. The number of nitrogens with zero attached hydrogens (tertiary/aromatic N) is 3. The Morgan fingerprint density at radius 1 is 1.11 bits per heavy atom. The average Bonchev–Trinajstić information content (AvgIpc) is 3.71. The van der Waals surface area contributed by atoms with Crippen LogP contribution in [0.3, 0.4) is 0 Å². The lowest BCUT2D eigenvalue weighted by atomic mass is 10.0. The number of nitriles is 1. The highest BCUT2D eigenvalue weighted by Gasteiger charge is 2.20. The lowest BCUT2D eigenvalue weighted by Crippen LogP contribution is -2.31. The van der Waals surface area contributed by atoms with Crippen molar-refractivity contribution in [2.24, 2.45) is 0 Å². The van der Waals surface area contributed by atoms with E-state index < -0.39 is 0 Å². The number of amides is 2. The fourth-order valence-corrected chi connectivity index (χ4v) is 4.75. The van der Waals surface area contributed by atoms with Crippen LogP contribution in [0, 0.1) is 18.3 Å². The van der Waals surface area contributed by atoms with E-state index in [0.29, 0.717) is 29.1 Å². The van der Waals surface area contributed by atoms with Crippen LogP contribution in [-0.2, 0) is 4.74 Å². The second-order valence-electron chi connectivity index (χ2n) is 9.48. The number of nitrogens with one attached hydrogen (secondary N) is 2. The summed E-state index contributed by atoms with van der Waals surface area (Å²) in [4.78, 5) is 27.8. The standard InChI is InChI=1S/C28H29N5O4/c1-18-6-7-21(31-27(34)20-11-19(16-29)12-22(13-20)33-8-2-3-9-33)14-24(18)25-15-26(37-32-25)28(35)30-17-23-5-4-10-36-23/h6-7,11-15,23H,2-5,8-10,17H2,1H3,(H,30,35)(H,31,34). The van der Waals surface area contributed by atoms with Crippen molar-refractivity contribution in [3.8, 4) is 17.3 Å². The lowest BCUT2D eigenvalue weighted by molar-refractivity contribution is 0.0827. The number of carbonyl (C=O) groups is 2. The second kappa shape index (κ2) is 10.8. The van der Waals surface area contributed by atoms with Crippen LogP contribution in [0.2, 0.25) is 0 Å². The molecule has 1 aromatic heterocycles. The van der Waals surface area contributed by atoms with E-state index in [1.165, 1.54) is 0 Å². The van der Waals surface area contributed by atoms with Gasteiger partial charge in [-0.15, -0.1) is 0 Å². The molecule has 9 heteroatoms. The first-order chi connectivity index (χ1) is 18.0. The van der Waals surface area contributed by atoms with E-state index in [1.807, 2.05) is 31.2 Å². The van der Waals surface area contributed by atoms with E-state index in [-0.39, 0.29) is 23.7 Å². The molecule has 0 saturated carbocycles. The van der Waals surface area contributed by atoms with Crippen molar-refractivity contribution >= 4 is 23.2 Å². The Hall–Kier alpha value is -4.16. The molecule has 5 rings (SSSR count). The maximum atomic E-state index is 13.1. The number of hydrogen-bond donors (Lipinski definition) is 2. The van der Waals surface area contributed by atoms with Gasteiger partial charge in [0.05, 0.1) is 17.7 Å². The number of hydrogen-bond acceptors (Lipinski definition) is 7. The minimum Gasteiger partial charge on any atom is -0.376 e. The molecule has 190 valence electrons. The van der Waals surface area contributed by atoms with Gasteiger partial charge >= 0.3 is 0 Å². The molecule has 9 nitrogen and oxygen atoms in total. The van der Waals surface area contributed by atoms with Crippen LogP contribution in [0.15, 0.2) is 47.0 Å². The van der Waals surface area contributed by atoms with E-state index in [2.05, 4.69) is 26.8 Å². The SMILES string of the molecule is Cc1ccc(NC(=O)c2cc(C#N)cc(N3CCCC3)c2)cc1-c1cc(C(=O)NCC2CCCO2)on1. The average molecular weight is 500 g/mol. The third-order valence-corrected chi connectivity index (χ3v) is 6.80. The van der Waals surface area contributed by atoms with Crippen LogP contribution >= 0.6 is 0 Å². The fraction of sp³-hybridized carbons (Fsp3) is 0.357. The number of ether oxygens (including phenoxy) is 1. The van der Waals surface area contributed by atoms with Gasteiger partial charge < -0.3 is 24.8 Å². The molecule has 1 atom stereocenters. The van der Waals surface area contributed by atoms with Crippen LogP contribution in [-0.4, -0.2) is 49.3 Å². The molecule has 2 saturated heterocycles.